The van der Waals surface area contributed by atoms with E-state index in [0.717, 1.165) is 17.0 Å². The molecule has 1 amide bonds. The van der Waals surface area contributed by atoms with Gasteiger partial charge in [0.2, 0.25) is 11.8 Å². The quantitative estimate of drug-likeness (QED) is 0.605. The lowest BCUT2D eigenvalue weighted by Gasteiger charge is -2.22. The number of carbonyl (C=O) groups is 1. The average Bonchev–Trinajstić information content (AvgIpc) is 3.11. The number of anilines is 1. The SMILES string of the molecule is CC(=O)N(Cc1ccc(-c2nnc(C(F)(F)F)o2)cc1)c1ccc(F)cc1F. The molecular formula is C18H12F5N3O2. The van der Waals surface area contributed by atoms with Crippen LogP contribution in [0.15, 0.2) is 46.9 Å². The summed E-state index contributed by atoms with van der Waals surface area (Å²) in [6.07, 6.45) is -4.74. The van der Waals surface area contributed by atoms with Crippen LogP contribution in [0, 0.1) is 11.6 Å². The van der Waals surface area contributed by atoms with Crippen molar-refractivity contribution in [2.24, 2.45) is 0 Å². The molecule has 0 aliphatic rings. The highest BCUT2D eigenvalue weighted by Gasteiger charge is 2.38. The van der Waals surface area contributed by atoms with Crippen LogP contribution in [0.4, 0.5) is 27.6 Å². The van der Waals surface area contributed by atoms with Gasteiger partial charge in [-0.15, -0.1) is 10.2 Å². The van der Waals surface area contributed by atoms with E-state index < -0.39 is 29.6 Å². The zero-order chi connectivity index (χ0) is 20.5. The Kier molecular flexibility index (Phi) is 5.12. The van der Waals surface area contributed by atoms with E-state index in [-0.39, 0.29) is 23.7 Å². The molecule has 1 aromatic heterocycles. The molecule has 0 atom stereocenters. The molecule has 0 fully saturated rings. The largest absolute Gasteiger partial charge is 0.470 e. The second-order valence-corrected chi connectivity index (χ2v) is 5.81. The van der Waals surface area contributed by atoms with E-state index in [1.807, 2.05) is 0 Å². The summed E-state index contributed by atoms with van der Waals surface area (Å²) in [4.78, 5) is 13.0. The molecule has 2 aromatic carbocycles. The first-order valence-electron chi connectivity index (χ1n) is 7.88. The number of carbonyl (C=O) groups excluding carboxylic acids is 1. The number of hydrogen-bond acceptors (Lipinski definition) is 4. The lowest BCUT2D eigenvalue weighted by atomic mass is 10.1. The minimum Gasteiger partial charge on any atom is -0.413 e. The molecule has 0 radical (unpaired) electrons. The molecule has 0 aliphatic carbocycles. The average molecular weight is 397 g/mol. The number of rotatable bonds is 4. The summed E-state index contributed by atoms with van der Waals surface area (Å²) in [6, 6.07) is 8.75. The maximum atomic E-state index is 14.0. The van der Waals surface area contributed by atoms with Crippen LogP contribution in [-0.2, 0) is 17.5 Å². The molecule has 10 heteroatoms. The Morgan fingerprint density at radius 2 is 1.75 bits per heavy atom. The Morgan fingerprint density at radius 1 is 1.07 bits per heavy atom. The zero-order valence-corrected chi connectivity index (χ0v) is 14.3. The van der Waals surface area contributed by atoms with Gasteiger partial charge in [-0.2, -0.15) is 13.2 Å². The normalized spacial score (nSPS) is 11.5. The van der Waals surface area contributed by atoms with E-state index in [1.54, 1.807) is 0 Å². The maximum Gasteiger partial charge on any atom is 0.470 e. The van der Waals surface area contributed by atoms with E-state index in [4.69, 9.17) is 0 Å². The molecule has 3 rings (SSSR count). The second kappa shape index (κ2) is 7.37. The maximum absolute atomic E-state index is 14.0. The van der Waals surface area contributed by atoms with Gasteiger partial charge in [0.05, 0.1) is 12.2 Å². The highest BCUT2D eigenvalue weighted by atomic mass is 19.4. The molecule has 0 saturated carbocycles. The first-order valence-corrected chi connectivity index (χ1v) is 7.88. The van der Waals surface area contributed by atoms with E-state index in [1.165, 1.54) is 31.2 Å². The van der Waals surface area contributed by atoms with E-state index in [0.29, 0.717) is 11.6 Å². The zero-order valence-electron chi connectivity index (χ0n) is 14.3. The van der Waals surface area contributed by atoms with Crippen LogP contribution < -0.4 is 4.90 Å². The van der Waals surface area contributed by atoms with Crippen LogP contribution in [0.5, 0.6) is 0 Å². The number of amides is 1. The first-order chi connectivity index (χ1) is 13.1. The summed E-state index contributed by atoms with van der Waals surface area (Å²) in [5, 5.41) is 6.30. The van der Waals surface area contributed by atoms with Crippen LogP contribution in [0.1, 0.15) is 18.4 Å². The van der Waals surface area contributed by atoms with E-state index >= 15 is 0 Å². The lowest BCUT2D eigenvalue weighted by molar-refractivity contribution is -0.156. The highest BCUT2D eigenvalue weighted by Crippen LogP contribution is 2.30. The third-order valence-electron chi connectivity index (χ3n) is 3.79. The van der Waals surface area contributed by atoms with Crippen LogP contribution in [0.3, 0.4) is 0 Å². The molecule has 0 spiro atoms. The van der Waals surface area contributed by atoms with Crippen molar-refractivity contribution in [3.8, 4) is 11.5 Å². The van der Waals surface area contributed by atoms with Gasteiger partial charge in [-0.05, 0) is 29.8 Å². The molecule has 28 heavy (non-hydrogen) atoms. The third kappa shape index (κ3) is 4.16. The number of nitrogens with zero attached hydrogens (tertiary/aromatic N) is 3. The molecule has 5 nitrogen and oxygen atoms in total. The minimum absolute atomic E-state index is 0.0319. The van der Waals surface area contributed by atoms with Crippen molar-refractivity contribution in [2.75, 3.05) is 4.90 Å². The van der Waals surface area contributed by atoms with Crippen molar-refractivity contribution in [1.82, 2.24) is 10.2 Å². The number of alkyl halides is 3. The fraction of sp³-hybridized carbons (Fsp3) is 0.167. The predicted molar refractivity (Wildman–Crippen MR) is 88.0 cm³/mol. The summed E-state index contributed by atoms with van der Waals surface area (Å²) < 4.78 is 69.3. The predicted octanol–water partition coefficient (Wildman–Crippen LogP) is 4.59. The molecule has 0 unspecified atom stereocenters. The highest BCUT2D eigenvalue weighted by molar-refractivity contribution is 5.91. The van der Waals surface area contributed by atoms with Gasteiger partial charge in [-0.25, -0.2) is 8.78 Å². The van der Waals surface area contributed by atoms with Gasteiger partial charge in [0, 0.05) is 18.6 Å². The topological polar surface area (TPSA) is 59.2 Å². The summed E-state index contributed by atoms with van der Waals surface area (Å²) in [6.45, 7) is 1.20. The van der Waals surface area contributed by atoms with Gasteiger partial charge in [-0.1, -0.05) is 12.1 Å². The molecule has 0 N–H and O–H groups in total. The molecule has 146 valence electrons. The van der Waals surface area contributed by atoms with Gasteiger partial charge in [0.25, 0.3) is 0 Å². The van der Waals surface area contributed by atoms with Crippen LogP contribution in [0.2, 0.25) is 0 Å². The standard InChI is InChI=1S/C18H12F5N3O2/c1-10(27)26(15-7-6-13(19)8-14(15)20)9-11-2-4-12(5-3-11)16-24-25-17(28-16)18(21,22)23/h2-8H,9H2,1H3. The monoisotopic (exact) mass is 397 g/mol. The summed E-state index contributed by atoms with van der Waals surface area (Å²) in [5.41, 5.74) is 0.706. The molecule has 0 saturated heterocycles. The van der Waals surface area contributed by atoms with Crippen LogP contribution >= 0.6 is 0 Å². The Morgan fingerprint density at radius 3 is 2.29 bits per heavy atom. The Labute approximate surface area is 155 Å². The van der Waals surface area contributed by atoms with Gasteiger partial charge in [0.1, 0.15) is 11.6 Å². The van der Waals surface area contributed by atoms with Crippen molar-refractivity contribution in [3.63, 3.8) is 0 Å². The number of hydrogen-bond donors (Lipinski definition) is 0. The van der Waals surface area contributed by atoms with Crippen molar-refractivity contribution in [2.45, 2.75) is 19.6 Å². The Hall–Kier alpha value is -3.30. The van der Waals surface area contributed by atoms with Crippen molar-refractivity contribution >= 4 is 11.6 Å². The number of halogens is 5. The smallest absolute Gasteiger partial charge is 0.413 e. The third-order valence-corrected chi connectivity index (χ3v) is 3.79. The summed E-state index contributed by atoms with van der Waals surface area (Å²) >= 11 is 0. The first kappa shape index (κ1) is 19.5. The summed E-state index contributed by atoms with van der Waals surface area (Å²) in [5.74, 6) is -3.90. The molecule has 3 aromatic rings. The van der Waals surface area contributed by atoms with Gasteiger partial charge in [-0.3, -0.25) is 4.79 Å². The number of aromatic nitrogens is 2. The fourth-order valence-corrected chi connectivity index (χ4v) is 2.46. The van der Waals surface area contributed by atoms with Crippen molar-refractivity contribution < 1.29 is 31.2 Å². The molecular weight excluding hydrogens is 385 g/mol. The molecule has 0 aliphatic heterocycles. The van der Waals surface area contributed by atoms with Crippen LogP contribution in [0.25, 0.3) is 11.5 Å². The number of benzene rings is 2. The van der Waals surface area contributed by atoms with Gasteiger partial charge < -0.3 is 9.32 Å². The fourth-order valence-electron chi connectivity index (χ4n) is 2.46. The van der Waals surface area contributed by atoms with E-state index in [2.05, 4.69) is 14.6 Å². The van der Waals surface area contributed by atoms with Gasteiger partial charge >= 0.3 is 12.1 Å². The second-order valence-electron chi connectivity index (χ2n) is 5.81. The molecule has 1 heterocycles. The summed E-state index contributed by atoms with van der Waals surface area (Å²) in [7, 11) is 0. The van der Waals surface area contributed by atoms with Crippen molar-refractivity contribution in [3.05, 3.63) is 65.6 Å². The minimum atomic E-state index is -4.74. The lowest BCUT2D eigenvalue weighted by Crippen LogP contribution is -2.28. The van der Waals surface area contributed by atoms with Crippen molar-refractivity contribution in [1.29, 1.82) is 0 Å². The Balaban J connectivity index is 1.82. The van der Waals surface area contributed by atoms with Gasteiger partial charge in [0.15, 0.2) is 0 Å². The molecule has 0 bridgehead atoms. The Bertz CT molecular complexity index is 999. The van der Waals surface area contributed by atoms with Crippen LogP contribution in [-0.4, -0.2) is 16.1 Å². The van der Waals surface area contributed by atoms with E-state index in [9.17, 15) is 26.7 Å².